The second-order valence-corrected chi connectivity index (χ2v) is 4.75. The molecule has 0 saturated carbocycles. The van der Waals surface area contributed by atoms with Crippen molar-refractivity contribution in [2.75, 3.05) is 6.61 Å². The van der Waals surface area contributed by atoms with Gasteiger partial charge in [0.2, 0.25) is 0 Å². The molecule has 1 rings (SSSR count). The van der Waals surface area contributed by atoms with Crippen LogP contribution in [-0.4, -0.2) is 24.8 Å². The Morgan fingerprint density at radius 1 is 1.00 bits per heavy atom. The predicted octanol–water partition coefficient (Wildman–Crippen LogP) is 3.44. The van der Waals surface area contributed by atoms with Gasteiger partial charge in [0.25, 0.3) is 0 Å². The van der Waals surface area contributed by atoms with Gasteiger partial charge in [0.1, 0.15) is 11.5 Å². The van der Waals surface area contributed by atoms with Crippen LogP contribution in [0.4, 0.5) is 0 Å². The van der Waals surface area contributed by atoms with Crippen LogP contribution in [0.1, 0.15) is 45.0 Å². The number of carbonyl (C=O) groups excluding carboxylic acids is 1. The van der Waals surface area contributed by atoms with E-state index in [0.717, 1.165) is 0 Å². The van der Waals surface area contributed by atoms with Gasteiger partial charge in [0.15, 0.2) is 0 Å². The summed E-state index contributed by atoms with van der Waals surface area (Å²) in [4.78, 5) is 11.8. The monoisotopic (exact) mass is 266 g/mol. The zero-order valence-electron chi connectivity index (χ0n) is 12.2. The second kappa shape index (κ2) is 7.02. The third-order valence-corrected chi connectivity index (χ3v) is 2.13. The molecule has 19 heavy (non-hydrogen) atoms. The minimum Gasteiger partial charge on any atom is -0.491 e. The maximum absolute atomic E-state index is 11.8. The third kappa shape index (κ3) is 5.20. The van der Waals surface area contributed by atoms with E-state index in [4.69, 9.17) is 14.2 Å². The van der Waals surface area contributed by atoms with Crippen LogP contribution < -0.4 is 9.47 Å². The average Bonchev–Trinajstić information content (AvgIpc) is 2.26. The van der Waals surface area contributed by atoms with Gasteiger partial charge in [-0.3, -0.25) is 0 Å². The lowest BCUT2D eigenvalue weighted by Gasteiger charge is -2.15. The summed E-state index contributed by atoms with van der Waals surface area (Å²) in [5, 5.41) is 0. The van der Waals surface area contributed by atoms with E-state index >= 15 is 0 Å². The number of hydrogen-bond acceptors (Lipinski definition) is 4. The Bertz CT molecular complexity index is 396. The molecule has 4 nitrogen and oxygen atoms in total. The molecule has 0 fully saturated rings. The number of esters is 1. The molecule has 0 atom stereocenters. The fourth-order valence-corrected chi connectivity index (χ4v) is 1.58. The summed E-state index contributed by atoms with van der Waals surface area (Å²) in [6.07, 6.45) is 0.0636. The van der Waals surface area contributed by atoms with Gasteiger partial charge in [-0.25, -0.2) is 4.79 Å². The molecule has 1 aromatic carbocycles. The van der Waals surface area contributed by atoms with Gasteiger partial charge in [-0.05, 0) is 46.8 Å². The fourth-order valence-electron chi connectivity index (χ4n) is 1.58. The highest BCUT2D eigenvalue weighted by atomic mass is 16.5. The van der Waals surface area contributed by atoms with Crippen LogP contribution in [-0.2, 0) is 4.74 Å². The van der Waals surface area contributed by atoms with E-state index in [1.54, 1.807) is 25.1 Å². The van der Waals surface area contributed by atoms with E-state index in [0.29, 0.717) is 23.7 Å². The van der Waals surface area contributed by atoms with Gasteiger partial charge in [-0.15, -0.1) is 0 Å². The lowest BCUT2D eigenvalue weighted by molar-refractivity contribution is 0.0524. The van der Waals surface area contributed by atoms with Crippen molar-refractivity contribution in [2.45, 2.75) is 46.8 Å². The third-order valence-electron chi connectivity index (χ3n) is 2.13. The van der Waals surface area contributed by atoms with E-state index in [9.17, 15) is 4.79 Å². The summed E-state index contributed by atoms with van der Waals surface area (Å²) in [5.74, 6) is 0.845. The number of ether oxygens (including phenoxy) is 3. The molecular weight excluding hydrogens is 244 g/mol. The summed E-state index contributed by atoms with van der Waals surface area (Å²) in [5.41, 5.74) is 0.440. The largest absolute Gasteiger partial charge is 0.491 e. The summed E-state index contributed by atoms with van der Waals surface area (Å²) in [6, 6.07) is 5.12. The first kappa shape index (κ1) is 15.3. The average molecular weight is 266 g/mol. The molecule has 0 aromatic heterocycles. The standard InChI is InChI=1S/C15H22O4/c1-6-17-15(16)12-7-13(18-10(2)3)9-14(8-12)19-11(4)5/h7-11H,6H2,1-5H3. The molecule has 0 spiro atoms. The Labute approximate surface area is 114 Å². The molecule has 0 aliphatic heterocycles. The van der Waals surface area contributed by atoms with Gasteiger partial charge in [0, 0.05) is 6.07 Å². The van der Waals surface area contributed by atoms with Crippen LogP contribution in [0.25, 0.3) is 0 Å². The van der Waals surface area contributed by atoms with E-state index < -0.39 is 0 Å². The first-order chi connectivity index (χ1) is 8.92. The Hall–Kier alpha value is -1.71. The van der Waals surface area contributed by atoms with Crippen molar-refractivity contribution in [3.8, 4) is 11.5 Å². The molecule has 0 radical (unpaired) electrons. The summed E-state index contributed by atoms with van der Waals surface area (Å²) in [6.45, 7) is 9.84. The Morgan fingerprint density at radius 3 is 1.84 bits per heavy atom. The summed E-state index contributed by atoms with van der Waals surface area (Å²) in [7, 11) is 0. The summed E-state index contributed by atoms with van der Waals surface area (Å²) < 4.78 is 16.2. The van der Waals surface area contributed by atoms with E-state index in [1.165, 1.54) is 0 Å². The van der Waals surface area contributed by atoms with Crippen LogP contribution in [0, 0.1) is 0 Å². The van der Waals surface area contributed by atoms with Gasteiger partial charge in [-0.2, -0.15) is 0 Å². The number of rotatable bonds is 6. The molecule has 106 valence electrons. The maximum atomic E-state index is 11.8. The molecule has 0 saturated heterocycles. The normalized spacial score (nSPS) is 10.7. The summed E-state index contributed by atoms with van der Waals surface area (Å²) >= 11 is 0. The quantitative estimate of drug-likeness (QED) is 0.740. The lowest BCUT2D eigenvalue weighted by atomic mass is 10.2. The van der Waals surface area contributed by atoms with Crippen molar-refractivity contribution in [1.29, 1.82) is 0 Å². The van der Waals surface area contributed by atoms with Gasteiger partial charge in [0.05, 0.1) is 24.4 Å². The van der Waals surface area contributed by atoms with Crippen molar-refractivity contribution >= 4 is 5.97 Å². The molecule has 0 N–H and O–H groups in total. The highest BCUT2D eigenvalue weighted by Crippen LogP contribution is 2.25. The molecule has 0 unspecified atom stereocenters. The highest BCUT2D eigenvalue weighted by molar-refractivity contribution is 5.90. The first-order valence-corrected chi connectivity index (χ1v) is 6.58. The Balaban J connectivity index is 3.04. The molecule has 4 heteroatoms. The van der Waals surface area contributed by atoms with Gasteiger partial charge in [-0.1, -0.05) is 0 Å². The molecule has 0 aliphatic rings. The van der Waals surface area contributed by atoms with Crippen LogP contribution in [0.15, 0.2) is 18.2 Å². The molecule has 1 aromatic rings. The van der Waals surface area contributed by atoms with Crippen LogP contribution >= 0.6 is 0 Å². The van der Waals surface area contributed by atoms with Crippen molar-refractivity contribution in [2.24, 2.45) is 0 Å². The van der Waals surface area contributed by atoms with Crippen molar-refractivity contribution < 1.29 is 19.0 Å². The topological polar surface area (TPSA) is 44.8 Å². The fraction of sp³-hybridized carbons (Fsp3) is 0.533. The van der Waals surface area contributed by atoms with Crippen molar-refractivity contribution in [3.05, 3.63) is 23.8 Å². The number of hydrogen-bond donors (Lipinski definition) is 0. The number of carbonyl (C=O) groups is 1. The second-order valence-electron chi connectivity index (χ2n) is 4.75. The SMILES string of the molecule is CCOC(=O)c1cc(OC(C)C)cc(OC(C)C)c1. The first-order valence-electron chi connectivity index (χ1n) is 6.58. The van der Waals surface area contributed by atoms with Crippen molar-refractivity contribution in [1.82, 2.24) is 0 Å². The minimum atomic E-state index is -0.370. The lowest BCUT2D eigenvalue weighted by Crippen LogP contribution is -2.11. The zero-order valence-corrected chi connectivity index (χ0v) is 12.2. The van der Waals surface area contributed by atoms with Crippen LogP contribution in [0.2, 0.25) is 0 Å². The Kier molecular flexibility index (Phi) is 5.67. The highest BCUT2D eigenvalue weighted by Gasteiger charge is 2.12. The minimum absolute atomic E-state index is 0.0318. The van der Waals surface area contributed by atoms with E-state index in [2.05, 4.69) is 0 Å². The van der Waals surface area contributed by atoms with Crippen LogP contribution in [0.5, 0.6) is 11.5 Å². The van der Waals surface area contributed by atoms with E-state index in [-0.39, 0.29) is 18.2 Å². The molecule has 0 heterocycles. The van der Waals surface area contributed by atoms with Crippen LogP contribution in [0.3, 0.4) is 0 Å². The Morgan fingerprint density at radius 2 is 1.47 bits per heavy atom. The zero-order chi connectivity index (χ0) is 14.4. The maximum Gasteiger partial charge on any atom is 0.338 e. The molecule has 0 aliphatic carbocycles. The van der Waals surface area contributed by atoms with Gasteiger partial charge < -0.3 is 14.2 Å². The molecule has 0 amide bonds. The van der Waals surface area contributed by atoms with Crippen molar-refractivity contribution in [3.63, 3.8) is 0 Å². The van der Waals surface area contributed by atoms with Gasteiger partial charge >= 0.3 is 5.97 Å². The van der Waals surface area contributed by atoms with E-state index in [1.807, 2.05) is 27.7 Å². The molecular formula is C15H22O4. The molecule has 0 bridgehead atoms. The predicted molar refractivity (Wildman–Crippen MR) is 73.9 cm³/mol. The smallest absolute Gasteiger partial charge is 0.338 e. The number of benzene rings is 1.